The number of carbonyl (C=O) groups is 1. The van der Waals surface area contributed by atoms with Gasteiger partial charge in [-0.15, -0.1) is 0 Å². The van der Waals surface area contributed by atoms with Gasteiger partial charge in [-0.25, -0.2) is 0 Å². The molecule has 0 saturated carbocycles. The molecule has 1 aromatic heterocycles. The summed E-state index contributed by atoms with van der Waals surface area (Å²) in [5.41, 5.74) is 2.23. The van der Waals surface area contributed by atoms with Crippen LogP contribution < -0.4 is 10.6 Å². The molecule has 25 heavy (non-hydrogen) atoms. The van der Waals surface area contributed by atoms with Crippen LogP contribution in [0.5, 0.6) is 0 Å². The van der Waals surface area contributed by atoms with Crippen LogP contribution in [-0.2, 0) is 16.6 Å². The molecule has 3 heterocycles. The van der Waals surface area contributed by atoms with Crippen molar-refractivity contribution in [1.82, 2.24) is 25.3 Å². The molecule has 2 fully saturated rings. The van der Waals surface area contributed by atoms with Crippen LogP contribution in [-0.4, -0.2) is 72.1 Å². The quantitative estimate of drug-likeness (QED) is 0.798. The van der Waals surface area contributed by atoms with Gasteiger partial charge in [0.25, 0.3) is 0 Å². The number of hydrogen-bond acceptors (Lipinski definition) is 5. The van der Waals surface area contributed by atoms with Gasteiger partial charge in [-0.3, -0.25) is 14.4 Å². The van der Waals surface area contributed by atoms with Gasteiger partial charge in [-0.05, 0) is 26.3 Å². The highest BCUT2D eigenvalue weighted by Crippen LogP contribution is 2.30. The van der Waals surface area contributed by atoms with Gasteiger partial charge in [-0.1, -0.05) is 0 Å². The molecule has 0 spiro atoms. The zero-order valence-corrected chi connectivity index (χ0v) is 15.8. The molecule has 140 valence electrons. The number of aryl methyl sites for hydroxylation is 1. The number of ether oxygens (including phenoxy) is 1. The highest BCUT2D eigenvalue weighted by molar-refractivity contribution is 5.80. The molecule has 7 heteroatoms. The monoisotopic (exact) mass is 349 g/mol. The second-order valence-corrected chi connectivity index (χ2v) is 7.86. The third kappa shape index (κ3) is 4.22. The van der Waals surface area contributed by atoms with E-state index in [1.165, 1.54) is 5.56 Å². The Hall–Kier alpha value is -1.44. The Balaban J connectivity index is 1.51. The molecule has 2 N–H and O–H groups in total. The Labute approximate surface area is 150 Å². The number of rotatable bonds is 5. The molecule has 0 aromatic carbocycles. The summed E-state index contributed by atoms with van der Waals surface area (Å²) in [4.78, 5) is 15.1. The largest absolute Gasteiger partial charge is 0.373 e. The Bertz CT molecular complexity index is 613. The van der Waals surface area contributed by atoms with Crippen molar-refractivity contribution in [2.24, 2.45) is 13.0 Å². The van der Waals surface area contributed by atoms with E-state index >= 15 is 0 Å². The zero-order chi connectivity index (χ0) is 18.0. The molecule has 0 radical (unpaired) electrons. The Morgan fingerprint density at radius 3 is 2.96 bits per heavy atom. The number of nitrogens with one attached hydrogen (secondary N) is 2. The van der Waals surface area contributed by atoms with Gasteiger partial charge in [0.05, 0.1) is 24.3 Å². The van der Waals surface area contributed by atoms with Crippen LogP contribution in [0, 0.1) is 12.8 Å². The zero-order valence-electron chi connectivity index (χ0n) is 15.8. The molecular weight excluding hydrogens is 318 g/mol. The van der Waals surface area contributed by atoms with Crippen molar-refractivity contribution >= 4 is 5.91 Å². The fourth-order valence-electron chi connectivity index (χ4n) is 3.93. The number of hydrogen-bond donors (Lipinski definition) is 2. The first kappa shape index (κ1) is 18.4. The highest BCUT2D eigenvalue weighted by Gasteiger charge is 2.35. The smallest absolute Gasteiger partial charge is 0.225 e. The van der Waals surface area contributed by atoms with Crippen LogP contribution in [0.25, 0.3) is 0 Å². The van der Waals surface area contributed by atoms with Crippen molar-refractivity contribution in [2.45, 2.75) is 32.3 Å². The van der Waals surface area contributed by atoms with Crippen molar-refractivity contribution in [2.75, 3.05) is 45.9 Å². The summed E-state index contributed by atoms with van der Waals surface area (Å²) in [6.45, 7) is 12.0. The average Bonchev–Trinajstić information content (AvgIpc) is 3.14. The van der Waals surface area contributed by atoms with E-state index in [1.54, 1.807) is 0 Å². The lowest BCUT2D eigenvalue weighted by Crippen LogP contribution is -2.50. The van der Waals surface area contributed by atoms with Gasteiger partial charge in [0.15, 0.2) is 0 Å². The number of carbonyl (C=O) groups excluding carboxylic acids is 1. The van der Waals surface area contributed by atoms with Crippen LogP contribution in [0.2, 0.25) is 0 Å². The fraction of sp³-hybridized carbons (Fsp3) is 0.778. The van der Waals surface area contributed by atoms with E-state index in [0.29, 0.717) is 6.54 Å². The lowest BCUT2D eigenvalue weighted by atomic mass is 9.88. The molecule has 0 unspecified atom stereocenters. The first-order valence-electron chi connectivity index (χ1n) is 9.20. The molecule has 2 aliphatic rings. The molecule has 0 bridgehead atoms. The number of morpholine rings is 1. The van der Waals surface area contributed by atoms with Crippen molar-refractivity contribution < 1.29 is 9.53 Å². The van der Waals surface area contributed by atoms with Gasteiger partial charge >= 0.3 is 0 Å². The third-order valence-electron chi connectivity index (χ3n) is 5.46. The van der Waals surface area contributed by atoms with Crippen LogP contribution in [0.3, 0.4) is 0 Å². The average molecular weight is 349 g/mol. The minimum atomic E-state index is -0.0967. The van der Waals surface area contributed by atoms with Gasteiger partial charge in [0.1, 0.15) is 0 Å². The normalized spacial score (nSPS) is 26.7. The Morgan fingerprint density at radius 2 is 2.28 bits per heavy atom. The molecule has 7 nitrogen and oxygen atoms in total. The van der Waals surface area contributed by atoms with Gasteiger partial charge < -0.3 is 15.4 Å². The van der Waals surface area contributed by atoms with Gasteiger partial charge in [0.2, 0.25) is 5.91 Å². The van der Waals surface area contributed by atoms with Gasteiger partial charge in [0, 0.05) is 57.9 Å². The SMILES string of the molecule is Cc1c([C@H]2CNC[C@@H]2C(=O)NCCN2CCOC(C)(C)C2)cnn1C. The van der Waals surface area contributed by atoms with Crippen LogP contribution in [0.15, 0.2) is 6.20 Å². The van der Waals surface area contributed by atoms with Crippen molar-refractivity contribution in [3.8, 4) is 0 Å². The summed E-state index contributed by atoms with van der Waals surface area (Å²) < 4.78 is 7.61. The first-order valence-corrected chi connectivity index (χ1v) is 9.20. The molecular formula is C18H31N5O2. The topological polar surface area (TPSA) is 71.4 Å². The third-order valence-corrected chi connectivity index (χ3v) is 5.46. The summed E-state index contributed by atoms with van der Waals surface area (Å²) in [5.74, 6) is 0.325. The summed E-state index contributed by atoms with van der Waals surface area (Å²) >= 11 is 0. The summed E-state index contributed by atoms with van der Waals surface area (Å²) in [7, 11) is 1.94. The van der Waals surface area contributed by atoms with E-state index in [9.17, 15) is 4.79 Å². The Morgan fingerprint density at radius 1 is 1.48 bits per heavy atom. The van der Waals surface area contributed by atoms with Crippen LogP contribution in [0.1, 0.15) is 31.0 Å². The molecule has 3 rings (SSSR count). The molecule has 2 atom stereocenters. The van der Waals surface area contributed by atoms with Gasteiger partial charge in [-0.2, -0.15) is 5.10 Å². The van der Waals surface area contributed by atoms with Crippen molar-refractivity contribution in [3.63, 3.8) is 0 Å². The maximum atomic E-state index is 12.7. The number of aromatic nitrogens is 2. The maximum absolute atomic E-state index is 12.7. The van der Waals surface area contributed by atoms with Crippen molar-refractivity contribution in [3.05, 3.63) is 17.5 Å². The second-order valence-electron chi connectivity index (χ2n) is 7.86. The molecule has 1 aromatic rings. The molecule has 0 aliphatic carbocycles. The summed E-state index contributed by atoms with van der Waals surface area (Å²) in [6, 6.07) is 0. The van der Waals surface area contributed by atoms with E-state index < -0.39 is 0 Å². The minimum absolute atomic E-state index is 0.0240. The van der Waals surface area contributed by atoms with E-state index in [-0.39, 0.29) is 23.3 Å². The summed E-state index contributed by atoms with van der Waals surface area (Å²) in [6.07, 6.45) is 1.91. The van der Waals surface area contributed by atoms with E-state index in [1.807, 2.05) is 17.9 Å². The van der Waals surface area contributed by atoms with Crippen molar-refractivity contribution in [1.29, 1.82) is 0 Å². The van der Waals surface area contributed by atoms with E-state index in [0.717, 1.165) is 45.0 Å². The molecule has 1 amide bonds. The minimum Gasteiger partial charge on any atom is -0.373 e. The molecule has 2 aliphatic heterocycles. The maximum Gasteiger partial charge on any atom is 0.225 e. The van der Waals surface area contributed by atoms with Crippen LogP contribution in [0.4, 0.5) is 0 Å². The highest BCUT2D eigenvalue weighted by atomic mass is 16.5. The van der Waals surface area contributed by atoms with E-state index in [2.05, 4.69) is 41.4 Å². The lowest BCUT2D eigenvalue weighted by molar-refractivity contribution is -0.125. The number of amides is 1. The first-order chi connectivity index (χ1) is 11.9. The Kier molecular flexibility index (Phi) is 5.46. The summed E-state index contributed by atoms with van der Waals surface area (Å²) in [5, 5.41) is 10.8. The molecule has 2 saturated heterocycles. The standard InChI is InChI=1S/C18H31N5O2/c1-13-14(11-21-22(13)4)15-9-19-10-16(15)17(24)20-5-6-23-7-8-25-18(2,3)12-23/h11,15-16,19H,5-10,12H2,1-4H3,(H,20,24)/t15-,16+/m1/s1. The predicted octanol–water partition coefficient (Wildman–Crippen LogP) is 0.259. The van der Waals surface area contributed by atoms with E-state index in [4.69, 9.17) is 4.74 Å². The fourth-order valence-corrected chi connectivity index (χ4v) is 3.93. The predicted molar refractivity (Wildman–Crippen MR) is 96.5 cm³/mol. The number of nitrogens with zero attached hydrogens (tertiary/aromatic N) is 3. The lowest BCUT2D eigenvalue weighted by Gasteiger charge is -2.38. The second kappa shape index (κ2) is 7.43. The van der Waals surface area contributed by atoms with Crippen LogP contribution >= 0.6 is 0 Å².